The number of benzene rings is 2. The molecular weight excluding hydrogens is 336 g/mol. The van der Waals surface area contributed by atoms with Gasteiger partial charge in [-0.05, 0) is 48.7 Å². The highest BCUT2D eigenvalue weighted by atomic mass is 16.5. The minimum absolute atomic E-state index is 0.702. The summed E-state index contributed by atoms with van der Waals surface area (Å²) >= 11 is 0. The van der Waals surface area contributed by atoms with Gasteiger partial charge >= 0.3 is 0 Å². The summed E-state index contributed by atoms with van der Waals surface area (Å²) in [6.07, 6.45) is 2.99. The molecule has 0 saturated carbocycles. The Hall–Kier alpha value is -2.50. The largest absolute Gasteiger partial charge is 0.379 e. The molecule has 3 aromatic rings. The molecular formula is C22H26N4O. The number of aryl methyl sites for hydroxylation is 1. The van der Waals surface area contributed by atoms with Crippen LogP contribution in [0, 0.1) is 6.92 Å². The molecule has 0 radical (unpaired) electrons. The maximum atomic E-state index is 5.38. The van der Waals surface area contributed by atoms with Gasteiger partial charge < -0.3 is 10.1 Å². The Morgan fingerprint density at radius 2 is 1.96 bits per heavy atom. The van der Waals surface area contributed by atoms with Crippen LogP contribution in [0.15, 0.2) is 48.7 Å². The summed E-state index contributed by atoms with van der Waals surface area (Å²) in [5, 5.41) is 4.42. The van der Waals surface area contributed by atoms with Gasteiger partial charge in [0.15, 0.2) is 0 Å². The molecule has 0 aliphatic carbocycles. The van der Waals surface area contributed by atoms with E-state index in [-0.39, 0.29) is 0 Å². The van der Waals surface area contributed by atoms with Crippen molar-refractivity contribution in [3.63, 3.8) is 0 Å². The van der Waals surface area contributed by atoms with Gasteiger partial charge in [0.25, 0.3) is 0 Å². The molecule has 5 heteroatoms. The first-order valence-corrected chi connectivity index (χ1v) is 9.66. The zero-order valence-electron chi connectivity index (χ0n) is 15.8. The Bertz CT molecular complexity index is 906. The van der Waals surface area contributed by atoms with Crippen molar-refractivity contribution in [2.75, 3.05) is 44.7 Å². The highest BCUT2D eigenvalue weighted by Gasteiger charge is 2.09. The van der Waals surface area contributed by atoms with E-state index in [9.17, 15) is 0 Å². The van der Waals surface area contributed by atoms with E-state index in [2.05, 4.69) is 69.6 Å². The Morgan fingerprint density at radius 1 is 1.11 bits per heavy atom. The number of nitrogens with zero attached hydrogens (tertiary/aromatic N) is 3. The van der Waals surface area contributed by atoms with E-state index < -0.39 is 0 Å². The van der Waals surface area contributed by atoms with Crippen LogP contribution in [-0.4, -0.2) is 54.3 Å². The van der Waals surface area contributed by atoms with Crippen LogP contribution in [0.25, 0.3) is 22.0 Å². The summed E-state index contributed by atoms with van der Waals surface area (Å²) in [4.78, 5) is 11.6. The van der Waals surface area contributed by atoms with Gasteiger partial charge in [0.05, 0.1) is 18.7 Å². The fraction of sp³-hybridized carbons (Fsp3) is 0.364. The van der Waals surface area contributed by atoms with Crippen molar-refractivity contribution in [2.24, 2.45) is 0 Å². The number of hydrogen-bond acceptors (Lipinski definition) is 5. The van der Waals surface area contributed by atoms with Crippen molar-refractivity contribution in [1.29, 1.82) is 0 Å². The molecule has 1 fully saturated rings. The van der Waals surface area contributed by atoms with E-state index in [1.54, 1.807) is 0 Å². The zero-order valence-corrected chi connectivity index (χ0v) is 15.8. The summed E-state index contributed by atoms with van der Waals surface area (Å²) in [6.45, 7) is 7.89. The Labute approximate surface area is 160 Å². The first-order chi connectivity index (χ1) is 13.3. The van der Waals surface area contributed by atoms with E-state index >= 15 is 0 Å². The van der Waals surface area contributed by atoms with Gasteiger partial charge in [-0.2, -0.15) is 0 Å². The second-order valence-electron chi connectivity index (χ2n) is 7.02. The Morgan fingerprint density at radius 3 is 2.81 bits per heavy atom. The van der Waals surface area contributed by atoms with Crippen LogP contribution >= 0.6 is 0 Å². The van der Waals surface area contributed by atoms with Crippen LogP contribution in [0.4, 0.5) is 5.95 Å². The van der Waals surface area contributed by atoms with Crippen LogP contribution in [0.5, 0.6) is 0 Å². The summed E-state index contributed by atoms with van der Waals surface area (Å²) < 4.78 is 5.38. The molecule has 1 N–H and O–H groups in total. The normalized spacial score (nSPS) is 15.1. The minimum atomic E-state index is 0.702. The molecule has 0 amide bonds. The number of nitrogens with one attached hydrogen (secondary N) is 1. The van der Waals surface area contributed by atoms with E-state index in [0.29, 0.717) is 5.95 Å². The number of fused-ring (bicyclic) bond motifs is 1. The van der Waals surface area contributed by atoms with Crippen LogP contribution in [0.3, 0.4) is 0 Å². The van der Waals surface area contributed by atoms with Crippen molar-refractivity contribution in [3.8, 4) is 11.1 Å². The maximum Gasteiger partial charge on any atom is 0.223 e. The summed E-state index contributed by atoms with van der Waals surface area (Å²) in [5.74, 6) is 0.702. The number of rotatable bonds is 6. The van der Waals surface area contributed by atoms with Gasteiger partial charge in [-0.1, -0.05) is 30.3 Å². The number of anilines is 1. The molecule has 0 atom stereocenters. The van der Waals surface area contributed by atoms with Crippen LogP contribution in [0.1, 0.15) is 12.0 Å². The van der Waals surface area contributed by atoms with Gasteiger partial charge in [-0.15, -0.1) is 0 Å². The highest BCUT2D eigenvalue weighted by molar-refractivity contribution is 5.85. The summed E-state index contributed by atoms with van der Waals surface area (Å²) in [5.41, 5.74) is 4.70. The van der Waals surface area contributed by atoms with Gasteiger partial charge in [0.2, 0.25) is 5.95 Å². The molecule has 2 heterocycles. The first kappa shape index (κ1) is 17.9. The third-order valence-corrected chi connectivity index (χ3v) is 5.07. The van der Waals surface area contributed by atoms with E-state index in [4.69, 9.17) is 4.74 Å². The predicted octanol–water partition coefficient (Wildman–Crippen LogP) is 3.74. The molecule has 2 aromatic carbocycles. The third kappa shape index (κ3) is 4.43. The summed E-state index contributed by atoms with van der Waals surface area (Å²) in [6, 6.07) is 14.8. The molecule has 5 nitrogen and oxygen atoms in total. The number of morpholine rings is 1. The average molecular weight is 362 g/mol. The first-order valence-electron chi connectivity index (χ1n) is 9.66. The fourth-order valence-corrected chi connectivity index (χ4v) is 3.51. The number of ether oxygens (including phenoxy) is 1. The van der Waals surface area contributed by atoms with E-state index in [1.807, 2.05) is 6.20 Å². The van der Waals surface area contributed by atoms with Gasteiger partial charge in [0.1, 0.15) is 0 Å². The minimum Gasteiger partial charge on any atom is -0.379 e. The zero-order chi connectivity index (χ0) is 18.5. The Balaban J connectivity index is 1.39. The number of aromatic nitrogens is 2. The number of hydrogen-bond donors (Lipinski definition) is 1. The fourth-order valence-electron chi connectivity index (χ4n) is 3.51. The molecule has 0 spiro atoms. The lowest BCUT2D eigenvalue weighted by atomic mass is 9.99. The smallest absolute Gasteiger partial charge is 0.223 e. The lowest BCUT2D eigenvalue weighted by molar-refractivity contribution is 0.0378. The molecule has 1 saturated heterocycles. The van der Waals surface area contributed by atoms with Crippen molar-refractivity contribution in [3.05, 3.63) is 54.2 Å². The van der Waals surface area contributed by atoms with Crippen molar-refractivity contribution in [1.82, 2.24) is 14.9 Å². The molecule has 140 valence electrons. The third-order valence-electron chi connectivity index (χ3n) is 5.07. The monoisotopic (exact) mass is 362 g/mol. The molecule has 1 aliphatic rings. The second-order valence-corrected chi connectivity index (χ2v) is 7.02. The standard InChI is InChI=1S/C22H26N4O/c1-17-5-2-3-6-20(17)18-7-8-21-19(15-18)16-24-22(25-21)23-9-4-10-26-11-13-27-14-12-26/h2-3,5-8,15-16H,4,9-14H2,1H3,(H,23,24,25). The van der Waals surface area contributed by atoms with Gasteiger partial charge in [0, 0.05) is 31.2 Å². The van der Waals surface area contributed by atoms with Crippen molar-refractivity contribution >= 4 is 16.9 Å². The molecule has 0 unspecified atom stereocenters. The lowest BCUT2D eigenvalue weighted by Crippen LogP contribution is -2.37. The van der Waals surface area contributed by atoms with Gasteiger partial charge in [-0.3, -0.25) is 4.90 Å². The second kappa shape index (κ2) is 8.46. The molecule has 1 aromatic heterocycles. The maximum absolute atomic E-state index is 5.38. The van der Waals surface area contributed by atoms with Crippen molar-refractivity contribution in [2.45, 2.75) is 13.3 Å². The molecule has 0 bridgehead atoms. The van der Waals surface area contributed by atoms with Crippen molar-refractivity contribution < 1.29 is 4.74 Å². The predicted molar refractivity (Wildman–Crippen MR) is 110 cm³/mol. The van der Waals surface area contributed by atoms with E-state index in [0.717, 1.165) is 56.7 Å². The Kier molecular flexibility index (Phi) is 5.61. The van der Waals surface area contributed by atoms with Crippen LogP contribution < -0.4 is 5.32 Å². The van der Waals surface area contributed by atoms with E-state index in [1.165, 1.54) is 16.7 Å². The quantitative estimate of drug-likeness (QED) is 0.677. The van der Waals surface area contributed by atoms with Crippen LogP contribution in [0.2, 0.25) is 0 Å². The highest BCUT2D eigenvalue weighted by Crippen LogP contribution is 2.26. The van der Waals surface area contributed by atoms with Gasteiger partial charge in [-0.25, -0.2) is 9.97 Å². The molecule has 27 heavy (non-hydrogen) atoms. The molecule has 1 aliphatic heterocycles. The lowest BCUT2D eigenvalue weighted by Gasteiger charge is -2.26. The topological polar surface area (TPSA) is 50.3 Å². The average Bonchev–Trinajstić information content (AvgIpc) is 2.72. The molecule has 4 rings (SSSR count). The van der Waals surface area contributed by atoms with Crippen LogP contribution in [-0.2, 0) is 4.74 Å². The SMILES string of the molecule is Cc1ccccc1-c1ccc2nc(NCCCN3CCOCC3)ncc2c1. The summed E-state index contributed by atoms with van der Waals surface area (Å²) in [7, 11) is 0.